The van der Waals surface area contributed by atoms with Gasteiger partial charge >= 0.3 is 0 Å². The molecule has 0 fully saturated rings. The first-order chi connectivity index (χ1) is 9.61. The van der Waals surface area contributed by atoms with Gasteiger partial charge < -0.3 is 11.1 Å². The number of amides is 1. The van der Waals surface area contributed by atoms with Crippen molar-refractivity contribution >= 4 is 17.2 Å². The average molecular weight is 294 g/mol. The van der Waals surface area contributed by atoms with E-state index in [1.165, 1.54) is 29.7 Å². The first kappa shape index (κ1) is 14.5. The van der Waals surface area contributed by atoms with Crippen LogP contribution in [0.2, 0.25) is 0 Å². The second kappa shape index (κ2) is 6.53. The van der Waals surface area contributed by atoms with Crippen LogP contribution in [0, 0.1) is 12.7 Å². The molecule has 0 saturated carbocycles. The summed E-state index contributed by atoms with van der Waals surface area (Å²) in [6.07, 6.45) is 2.13. The van der Waals surface area contributed by atoms with Gasteiger partial charge in [-0.1, -0.05) is 0 Å². The summed E-state index contributed by atoms with van der Waals surface area (Å²) in [5, 5.41) is 3.46. The number of rotatable bonds is 5. The fourth-order valence-electron chi connectivity index (χ4n) is 1.69. The Balaban J connectivity index is 2.03. The minimum Gasteiger partial charge on any atom is -0.345 e. The highest BCUT2D eigenvalue weighted by Crippen LogP contribution is 2.17. The number of carbonyl (C=O) groups excluding carboxylic acids is 1. The molecule has 0 saturated heterocycles. The Labute approximate surface area is 120 Å². The van der Waals surface area contributed by atoms with Crippen molar-refractivity contribution in [2.24, 2.45) is 5.73 Å². The molecule has 0 aliphatic carbocycles. The van der Waals surface area contributed by atoms with Crippen molar-refractivity contribution in [3.8, 4) is 0 Å². The number of hydrogen-bond donors (Lipinski definition) is 2. The Morgan fingerprint density at radius 1 is 1.55 bits per heavy atom. The van der Waals surface area contributed by atoms with E-state index >= 15 is 0 Å². The third kappa shape index (κ3) is 3.37. The van der Waals surface area contributed by atoms with Crippen molar-refractivity contribution < 1.29 is 9.18 Å². The Hall–Kier alpha value is -1.86. The fourth-order valence-corrected chi connectivity index (χ4v) is 2.63. The van der Waals surface area contributed by atoms with Gasteiger partial charge in [0.15, 0.2) is 0 Å². The van der Waals surface area contributed by atoms with Crippen LogP contribution in [0.4, 0.5) is 4.39 Å². The summed E-state index contributed by atoms with van der Waals surface area (Å²) in [7, 11) is 0. The van der Waals surface area contributed by atoms with Gasteiger partial charge in [-0.25, -0.2) is 9.37 Å². The molecule has 0 aliphatic heterocycles. The van der Waals surface area contributed by atoms with Crippen molar-refractivity contribution in [3.63, 3.8) is 0 Å². The molecule has 5 nitrogen and oxygen atoms in total. The predicted octanol–water partition coefficient (Wildman–Crippen LogP) is 1.42. The van der Waals surface area contributed by atoms with E-state index in [2.05, 4.69) is 15.3 Å². The highest BCUT2D eigenvalue weighted by Gasteiger charge is 2.15. The minimum absolute atomic E-state index is 0.0364. The first-order valence-corrected chi connectivity index (χ1v) is 6.97. The Bertz CT molecular complexity index is 614. The fraction of sp³-hybridized carbons (Fsp3) is 0.308. The summed E-state index contributed by atoms with van der Waals surface area (Å²) in [6, 6.07) is 2.81. The molecule has 1 amide bonds. The summed E-state index contributed by atoms with van der Waals surface area (Å²) < 4.78 is 13.4. The smallest absolute Gasteiger partial charge is 0.271 e. The van der Waals surface area contributed by atoms with Crippen molar-refractivity contribution in [1.29, 1.82) is 0 Å². The molecule has 7 heteroatoms. The van der Waals surface area contributed by atoms with Crippen LogP contribution in [0.25, 0.3) is 0 Å². The summed E-state index contributed by atoms with van der Waals surface area (Å²) in [6.45, 7) is 2.36. The number of nitrogens with zero attached hydrogens (tertiary/aromatic N) is 2. The molecule has 0 bridgehead atoms. The van der Waals surface area contributed by atoms with E-state index in [1.807, 2.05) is 6.92 Å². The van der Waals surface area contributed by atoms with Crippen LogP contribution in [0.1, 0.15) is 26.1 Å². The second-order valence-electron chi connectivity index (χ2n) is 4.17. The van der Waals surface area contributed by atoms with Crippen molar-refractivity contribution in [3.05, 3.63) is 45.4 Å². The maximum Gasteiger partial charge on any atom is 0.271 e. The molecular weight excluding hydrogens is 279 g/mol. The Morgan fingerprint density at radius 3 is 3.05 bits per heavy atom. The third-order valence-electron chi connectivity index (χ3n) is 2.67. The van der Waals surface area contributed by atoms with Gasteiger partial charge in [-0.3, -0.25) is 9.78 Å². The number of hydrogen-bond acceptors (Lipinski definition) is 5. The molecule has 2 aromatic rings. The number of nitrogens with one attached hydrogen (secondary N) is 1. The molecule has 2 heterocycles. The zero-order valence-electron chi connectivity index (χ0n) is 11.0. The normalized spacial score (nSPS) is 10.6. The maximum absolute atomic E-state index is 13.4. The van der Waals surface area contributed by atoms with E-state index in [0.29, 0.717) is 18.7 Å². The van der Waals surface area contributed by atoms with E-state index in [-0.39, 0.29) is 18.1 Å². The predicted molar refractivity (Wildman–Crippen MR) is 75.0 cm³/mol. The van der Waals surface area contributed by atoms with E-state index in [9.17, 15) is 9.18 Å². The molecule has 0 radical (unpaired) electrons. The van der Waals surface area contributed by atoms with E-state index < -0.39 is 5.82 Å². The lowest BCUT2D eigenvalue weighted by Crippen LogP contribution is -2.25. The van der Waals surface area contributed by atoms with Crippen LogP contribution in [0.5, 0.6) is 0 Å². The van der Waals surface area contributed by atoms with Crippen LogP contribution < -0.4 is 11.1 Å². The third-order valence-corrected chi connectivity index (χ3v) is 3.70. The molecule has 2 rings (SSSR count). The number of nitrogens with two attached hydrogens (primary N) is 1. The van der Waals surface area contributed by atoms with Gasteiger partial charge in [0.25, 0.3) is 5.91 Å². The molecule has 0 atom stereocenters. The SMILES string of the molecule is Cc1sc(CCN)nc1C(=O)NCc1ncccc1F. The Kier molecular flexibility index (Phi) is 4.75. The zero-order valence-corrected chi connectivity index (χ0v) is 11.8. The molecule has 0 spiro atoms. The largest absolute Gasteiger partial charge is 0.345 e. The molecule has 0 aliphatic rings. The van der Waals surface area contributed by atoms with Crippen molar-refractivity contribution in [2.45, 2.75) is 19.9 Å². The minimum atomic E-state index is -0.438. The van der Waals surface area contributed by atoms with Crippen molar-refractivity contribution in [1.82, 2.24) is 15.3 Å². The molecule has 0 unspecified atom stereocenters. The van der Waals surface area contributed by atoms with Gasteiger partial charge in [-0.05, 0) is 25.6 Å². The lowest BCUT2D eigenvalue weighted by molar-refractivity contribution is 0.0945. The summed E-state index contributed by atoms with van der Waals surface area (Å²) in [4.78, 5) is 21.0. The molecule has 0 aromatic carbocycles. The number of aromatic nitrogens is 2. The topological polar surface area (TPSA) is 80.9 Å². The van der Waals surface area contributed by atoms with Gasteiger partial charge in [0.05, 0.1) is 17.2 Å². The number of halogens is 1. The standard InChI is InChI=1S/C13H15FN4OS/c1-8-12(18-11(20-8)4-5-15)13(19)17-7-10-9(14)3-2-6-16-10/h2-3,6H,4-5,7,15H2,1H3,(H,17,19). The van der Waals surface area contributed by atoms with Gasteiger partial charge in [0, 0.05) is 17.5 Å². The van der Waals surface area contributed by atoms with Crippen molar-refractivity contribution in [2.75, 3.05) is 6.54 Å². The molecule has 3 N–H and O–H groups in total. The second-order valence-corrected chi connectivity index (χ2v) is 5.45. The number of pyridine rings is 1. The van der Waals surface area contributed by atoms with Crippen LogP contribution in [-0.4, -0.2) is 22.4 Å². The average Bonchev–Trinajstić information content (AvgIpc) is 2.79. The van der Waals surface area contributed by atoms with E-state index in [4.69, 9.17) is 5.73 Å². The van der Waals surface area contributed by atoms with Crippen LogP contribution in [-0.2, 0) is 13.0 Å². The van der Waals surface area contributed by atoms with E-state index in [1.54, 1.807) is 0 Å². The van der Waals surface area contributed by atoms with Crippen LogP contribution >= 0.6 is 11.3 Å². The number of thiazole rings is 1. The molecular formula is C13H15FN4OS. The molecule has 106 valence electrons. The first-order valence-electron chi connectivity index (χ1n) is 6.15. The monoisotopic (exact) mass is 294 g/mol. The summed E-state index contributed by atoms with van der Waals surface area (Å²) in [5.41, 5.74) is 6.04. The highest BCUT2D eigenvalue weighted by molar-refractivity contribution is 7.11. The Morgan fingerprint density at radius 2 is 2.35 bits per heavy atom. The van der Waals surface area contributed by atoms with Crippen LogP contribution in [0.15, 0.2) is 18.3 Å². The number of aryl methyl sites for hydroxylation is 1. The van der Waals surface area contributed by atoms with Gasteiger partial charge in [-0.2, -0.15) is 0 Å². The van der Waals surface area contributed by atoms with Crippen LogP contribution in [0.3, 0.4) is 0 Å². The molecule has 2 aromatic heterocycles. The lowest BCUT2D eigenvalue weighted by Gasteiger charge is -2.04. The number of carbonyl (C=O) groups is 1. The highest BCUT2D eigenvalue weighted by atomic mass is 32.1. The van der Waals surface area contributed by atoms with Gasteiger partial charge in [-0.15, -0.1) is 11.3 Å². The quantitative estimate of drug-likeness (QED) is 0.874. The van der Waals surface area contributed by atoms with Gasteiger partial charge in [0.2, 0.25) is 0 Å². The lowest BCUT2D eigenvalue weighted by atomic mass is 10.3. The summed E-state index contributed by atoms with van der Waals surface area (Å²) in [5.74, 6) is -0.765. The maximum atomic E-state index is 13.4. The summed E-state index contributed by atoms with van der Waals surface area (Å²) >= 11 is 1.45. The van der Waals surface area contributed by atoms with Gasteiger partial charge in [0.1, 0.15) is 11.5 Å². The molecule has 20 heavy (non-hydrogen) atoms. The zero-order chi connectivity index (χ0) is 14.5. The van der Waals surface area contributed by atoms with E-state index in [0.717, 1.165) is 9.88 Å².